The van der Waals surface area contributed by atoms with Gasteiger partial charge in [0.25, 0.3) is 5.56 Å². The van der Waals surface area contributed by atoms with Crippen LogP contribution in [-0.2, 0) is 5.54 Å². The third-order valence-electron chi connectivity index (χ3n) is 3.37. The first-order chi connectivity index (χ1) is 9.29. The molecule has 0 saturated heterocycles. The van der Waals surface area contributed by atoms with E-state index in [2.05, 4.69) is 36.2 Å². The number of nitrogens with two attached hydrogens (primary N) is 1. The van der Waals surface area contributed by atoms with Crippen LogP contribution < -0.4 is 11.3 Å². The summed E-state index contributed by atoms with van der Waals surface area (Å²) < 4.78 is 0. The maximum Gasteiger partial charge on any atom is 0.269 e. The molecule has 106 valence electrons. The maximum absolute atomic E-state index is 11.8. The van der Waals surface area contributed by atoms with Crippen LogP contribution in [0.4, 0.5) is 0 Å². The summed E-state index contributed by atoms with van der Waals surface area (Å²) in [6.07, 6.45) is 0. The van der Waals surface area contributed by atoms with E-state index in [1.807, 2.05) is 26.0 Å². The largest absolute Gasteiger partial charge is 0.322 e. The molecule has 0 aliphatic carbocycles. The number of hydrogen-bond donors (Lipinski definition) is 2. The Morgan fingerprint density at radius 1 is 1.20 bits per heavy atom. The highest BCUT2D eigenvalue weighted by Gasteiger charge is 2.19. The van der Waals surface area contributed by atoms with Crippen LogP contribution in [0.3, 0.4) is 0 Å². The maximum atomic E-state index is 11.8. The number of benzene rings is 1. The van der Waals surface area contributed by atoms with Gasteiger partial charge in [0.1, 0.15) is 0 Å². The molecule has 0 aliphatic heterocycles. The summed E-state index contributed by atoms with van der Waals surface area (Å²) in [6, 6.07) is 9.97. The van der Waals surface area contributed by atoms with Gasteiger partial charge in [-0.3, -0.25) is 4.79 Å². The summed E-state index contributed by atoms with van der Waals surface area (Å²) in [4.78, 5) is 11.8. The fraction of sp³-hybridized carbons (Fsp3) is 0.375. The highest BCUT2D eigenvalue weighted by atomic mass is 16.1. The normalized spacial score (nSPS) is 11.9. The van der Waals surface area contributed by atoms with Crippen LogP contribution in [0.15, 0.2) is 35.1 Å². The summed E-state index contributed by atoms with van der Waals surface area (Å²) in [6.45, 7) is 7.93. The standard InChI is InChI=1S/C16H21N3O/c1-10(2)11-5-7-12(8-6-11)14-9-13(16(3,4)17)15(20)19-18-14/h5-10H,17H2,1-4H3,(H,19,20). The Kier molecular flexibility index (Phi) is 3.77. The van der Waals surface area contributed by atoms with Gasteiger partial charge in [-0.25, -0.2) is 5.10 Å². The summed E-state index contributed by atoms with van der Waals surface area (Å²) >= 11 is 0. The molecule has 1 aromatic heterocycles. The Morgan fingerprint density at radius 3 is 2.30 bits per heavy atom. The van der Waals surface area contributed by atoms with E-state index in [9.17, 15) is 4.79 Å². The van der Waals surface area contributed by atoms with E-state index in [1.54, 1.807) is 6.07 Å². The van der Waals surface area contributed by atoms with Gasteiger partial charge in [0.2, 0.25) is 0 Å². The van der Waals surface area contributed by atoms with Gasteiger partial charge in [-0.2, -0.15) is 5.10 Å². The second-order valence-corrected chi connectivity index (χ2v) is 5.99. The molecule has 4 nitrogen and oxygen atoms in total. The van der Waals surface area contributed by atoms with Gasteiger partial charge >= 0.3 is 0 Å². The number of H-pyrrole nitrogens is 1. The number of nitrogens with one attached hydrogen (secondary N) is 1. The molecule has 0 amide bonds. The topological polar surface area (TPSA) is 71.8 Å². The Morgan fingerprint density at radius 2 is 1.80 bits per heavy atom. The fourth-order valence-corrected chi connectivity index (χ4v) is 2.07. The van der Waals surface area contributed by atoms with Crippen molar-refractivity contribution in [2.75, 3.05) is 0 Å². The van der Waals surface area contributed by atoms with E-state index < -0.39 is 5.54 Å². The van der Waals surface area contributed by atoms with Crippen LogP contribution in [0, 0.1) is 0 Å². The summed E-state index contributed by atoms with van der Waals surface area (Å²) in [5.41, 5.74) is 8.60. The van der Waals surface area contributed by atoms with E-state index in [4.69, 9.17) is 5.73 Å². The van der Waals surface area contributed by atoms with Crippen LogP contribution in [0.25, 0.3) is 11.3 Å². The molecule has 3 N–H and O–H groups in total. The van der Waals surface area contributed by atoms with Crippen molar-refractivity contribution in [1.29, 1.82) is 0 Å². The third kappa shape index (κ3) is 2.96. The molecule has 0 radical (unpaired) electrons. The Labute approximate surface area is 119 Å². The van der Waals surface area contributed by atoms with Crippen LogP contribution in [0.1, 0.15) is 44.7 Å². The van der Waals surface area contributed by atoms with E-state index in [-0.39, 0.29) is 5.56 Å². The molecule has 0 bridgehead atoms. The number of rotatable bonds is 3. The average Bonchev–Trinajstić information content (AvgIpc) is 2.38. The molecule has 0 spiro atoms. The minimum Gasteiger partial charge on any atom is -0.322 e. The fourth-order valence-electron chi connectivity index (χ4n) is 2.07. The molecule has 20 heavy (non-hydrogen) atoms. The van der Waals surface area contributed by atoms with E-state index in [0.717, 1.165) is 11.3 Å². The highest BCUT2D eigenvalue weighted by Crippen LogP contribution is 2.22. The Hall–Kier alpha value is -1.94. The van der Waals surface area contributed by atoms with Crippen LogP contribution >= 0.6 is 0 Å². The van der Waals surface area contributed by atoms with Crippen LogP contribution in [0.5, 0.6) is 0 Å². The molecule has 2 aromatic rings. The van der Waals surface area contributed by atoms with E-state index in [1.165, 1.54) is 5.56 Å². The molecule has 4 heteroatoms. The third-order valence-corrected chi connectivity index (χ3v) is 3.37. The van der Waals surface area contributed by atoms with Gasteiger partial charge in [-0.15, -0.1) is 0 Å². The zero-order valence-electron chi connectivity index (χ0n) is 12.4. The number of aromatic amines is 1. The lowest BCUT2D eigenvalue weighted by Crippen LogP contribution is -2.35. The molecule has 2 rings (SSSR count). The second-order valence-electron chi connectivity index (χ2n) is 5.99. The predicted octanol–water partition coefficient (Wildman–Crippen LogP) is 2.75. The lowest BCUT2D eigenvalue weighted by atomic mass is 9.95. The first kappa shape index (κ1) is 14.5. The van der Waals surface area contributed by atoms with Crippen molar-refractivity contribution in [2.45, 2.75) is 39.2 Å². The van der Waals surface area contributed by atoms with Crippen molar-refractivity contribution >= 4 is 0 Å². The summed E-state index contributed by atoms with van der Waals surface area (Å²) in [5, 5.41) is 6.63. The van der Waals surface area contributed by atoms with Gasteiger partial charge in [0.15, 0.2) is 0 Å². The summed E-state index contributed by atoms with van der Waals surface area (Å²) in [5.74, 6) is 0.492. The van der Waals surface area contributed by atoms with E-state index >= 15 is 0 Å². The van der Waals surface area contributed by atoms with Crippen molar-refractivity contribution in [3.8, 4) is 11.3 Å². The predicted molar refractivity (Wildman–Crippen MR) is 81.6 cm³/mol. The van der Waals surface area contributed by atoms with Gasteiger partial charge in [0, 0.05) is 16.7 Å². The van der Waals surface area contributed by atoms with Gasteiger partial charge in [-0.05, 0) is 31.4 Å². The molecule has 1 aromatic carbocycles. The highest BCUT2D eigenvalue weighted by molar-refractivity contribution is 5.60. The zero-order valence-corrected chi connectivity index (χ0v) is 12.4. The molecular formula is C16H21N3O. The van der Waals surface area contributed by atoms with Gasteiger partial charge in [-0.1, -0.05) is 38.1 Å². The van der Waals surface area contributed by atoms with Crippen molar-refractivity contribution in [2.24, 2.45) is 5.73 Å². The SMILES string of the molecule is CC(C)c1ccc(-c2cc(C(C)(C)N)c(=O)[nH]n2)cc1. The first-order valence-electron chi connectivity index (χ1n) is 6.78. The van der Waals surface area contributed by atoms with Gasteiger partial charge < -0.3 is 5.73 Å². The molecule has 0 fully saturated rings. The Bertz CT molecular complexity index is 649. The molecule has 0 unspecified atom stereocenters. The van der Waals surface area contributed by atoms with Crippen molar-refractivity contribution < 1.29 is 0 Å². The van der Waals surface area contributed by atoms with E-state index in [0.29, 0.717) is 11.5 Å². The average molecular weight is 271 g/mol. The lowest BCUT2D eigenvalue weighted by Gasteiger charge is -2.18. The number of nitrogens with zero attached hydrogens (tertiary/aromatic N) is 1. The minimum atomic E-state index is -0.691. The zero-order chi connectivity index (χ0) is 14.9. The van der Waals surface area contributed by atoms with Gasteiger partial charge in [0.05, 0.1) is 5.69 Å². The number of hydrogen-bond acceptors (Lipinski definition) is 3. The summed E-state index contributed by atoms with van der Waals surface area (Å²) in [7, 11) is 0. The molecule has 0 aliphatic rings. The lowest BCUT2D eigenvalue weighted by molar-refractivity contribution is 0.544. The monoisotopic (exact) mass is 271 g/mol. The second kappa shape index (κ2) is 5.21. The molecule has 0 saturated carbocycles. The smallest absolute Gasteiger partial charge is 0.269 e. The first-order valence-corrected chi connectivity index (χ1v) is 6.78. The molecule has 0 atom stereocenters. The van der Waals surface area contributed by atoms with Crippen LogP contribution in [-0.4, -0.2) is 10.2 Å². The van der Waals surface area contributed by atoms with Crippen LogP contribution in [0.2, 0.25) is 0 Å². The minimum absolute atomic E-state index is 0.236. The van der Waals surface area contributed by atoms with Crippen molar-refractivity contribution in [3.05, 3.63) is 51.8 Å². The Balaban J connectivity index is 2.46. The quantitative estimate of drug-likeness (QED) is 0.901. The van der Waals surface area contributed by atoms with Crippen molar-refractivity contribution in [1.82, 2.24) is 10.2 Å². The number of aromatic nitrogens is 2. The molecule has 1 heterocycles. The molecular weight excluding hydrogens is 250 g/mol. The van der Waals surface area contributed by atoms with Crippen molar-refractivity contribution in [3.63, 3.8) is 0 Å².